The van der Waals surface area contributed by atoms with Crippen LogP contribution in [0.4, 0.5) is 0 Å². The van der Waals surface area contributed by atoms with E-state index in [0.29, 0.717) is 16.9 Å². The fourth-order valence-electron chi connectivity index (χ4n) is 2.03. The Morgan fingerprint density at radius 1 is 1.10 bits per heavy atom. The normalized spacial score (nSPS) is 12.0. The van der Waals surface area contributed by atoms with Gasteiger partial charge in [-0.25, -0.2) is 0 Å². The predicted octanol–water partition coefficient (Wildman–Crippen LogP) is 3.23. The van der Waals surface area contributed by atoms with Crippen LogP contribution in [0, 0.1) is 13.8 Å². The lowest BCUT2D eigenvalue weighted by atomic mass is 9.98. The molecular formula is C17H18O3. The van der Waals surface area contributed by atoms with Gasteiger partial charge in [0.25, 0.3) is 0 Å². The summed E-state index contributed by atoms with van der Waals surface area (Å²) in [6.07, 6.45) is -1.17. The van der Waals surface area contributed by atoms with Crippen molar-refractivity contribution >= 4 is 5.78 Å². The van der Waals surface area contributed by atoms with Gasteiger partial charge in [0.15, 0.2) is 5.78 Å². The summed E-state index contributed by atoms with van der Waals surface area (Å²) in [5.74, 6) is 0.356. The Morgan fingerprint density at radius 2 is 1.75 bits per heavy atom. The first-order valence-electron chi connectivity index (χ1n) is 6.46. The van der Waals surface area contributed by atoms with Crippen LogP contribution in [0.1, 0.15) is 33.2 Å². The molecule has 0 aromatic heterocycles. The molecule has 0 aliphatic carbocycles. The fourth-order valence-corrected chi connectivity index (χ4v) is 2.03. The van der Waals surface area contributed by atoms with E-state index in [1.165, 1.54) is 0 Å². The second-order valence-electron chi connectivity index (χ2n) is 4.86. The fraction of sp³-hybridized carbons (Fsp3) is 0.235. The Labute approximate surface area is 118 Å². The largest absolute Gasteiger partial charge is 0.496 e. The minimum absolute atomic E-state index is 0.309. The highest BCUT2D eigenvalue weighted by atomic mass is 16.5. The van der Waals surface area contributed by atoms with Crippen LogP contribution in [0.2, 0.25) is 0 Å². The summed E-state index contributed by atoms with van der Waals surface area (Å²) in [4.78, 5) is 12.3. The lowest BCUT2D eigenvalue weighted by molar-refractivity contribution is 0.0747. The number of aliphatic hydroxyl groups excluding tert-OH is 1. The van der Waals surface area contributed by atoms with E-state index >= 15 is 0 Å². The number of benzene rings is 2. The molecule has 2 aromatic rings. The summed E-state index contributed by atoms with van der Waals surface area (Å²) < 4.78 is 5.21. The SMILES string of the molecule is COc1cc(C(O)C(=O)c2ccc(C)cc2)ccc1C. The first-order chi connectivity index (χ1) is 9.52. The van der Waals surface area contributed by atoms with Crippen molar-refractivity contribution in [3.05, 3.63) is 64.7 Å². The van der Waals surface area contributed by atoms with E-state index < -0.39 is 6.10 Å². The number of carbonyl (C=O) groups excluding carboxylic acids is 1. The molecule has 0 amide bonds. The lowest BCUT2D eigenvalue weighted by Gasteiger charge is -2.13. The number of ether oxygens (including phenoxy) is 1. The molecule has 0 spiro atoms. The molecule has 0 radical (unpaired) electrons. The van der Waals surface area contributed by atoms with Gasteiger partial charge in [0.1, 0.15) is 11.9 Å². The molecular weight excluding hydrogens is 252 g/mol. The van der Waals surface area contributed by atoms with Gasteiger partial charge >= 0.3 is 0 Å². The molecule has 0 aliphatic rings. The van der Waals surface area contributed by atoms with Crippen LogP contribution in [-0.2, 0) is 0 Å². The number of hydrogen-bond donors (Lipinski definition) is 1. The van der Waals surface area contributed by atoms with Gasteiger partial charge in [-0.3, -0.25) is 4.79 Å². The highest BCUT2D eigenvalue weighted by Crippen LogP contribution is 2.25. The van der Waals surface area contributed by atoms with E-state index in [1.807, 2.05) is 32.0 Å². The summed E-state index contributed by atoms with van der Waals surface area (Å²) in [7, 11) is 1.57. The Hall–Kier alpha value is -2.13. The number of hydrogen-bond acceptors (Lipinski definition) is 3. The van der Waals surface area contributed by atoms with Crippen molar-refractivity contribution in [2.45, 2.75) is 20.0 Å². The number of aryl methyl sites for hydroxylation is 2. The van der Waals surface area contributed by atoms with Crippen molar-refractivity contribution in [3.63, 3.8) is 0 Å². The number of Topliss-reactive ketones (excluding diaryl/α,β-unsaturated/α-hetero) is 1. The predicted molar refractivity (Wildman–Crippen MR) is 78.2 cm³/mol. The summed E-state index contributed by atoms with van der Waals surface area (Å²) in [5, 5.41) is 10.2. The Kier molecular flexibility index (Phi) is 4.20. The third kappa shape index (κ3) is 2.89. The monoisotopic (exact) mass is 270 g/mol. The molecule has 1 atom stereocenters. The van der Waals surface area contributed by atoms with Crippen LogP contribution in [0.3, 0.4) is 0 Å². The van der Waals surface area contributed by atoms with E-state index in [4.69, 9.17) is 4.74 Å². The van der Waals surface area contributed by atoms with Gasteiger partial charge in [0, 0.05) is 5.56 Å². The number of methoxy groups -OCH3 is 1. The van der Waals surface area contributed by atoms with Crippen LogP contribution < -0.4 is 4.74 Å². The van der Waals surface area contributed by atoms with Gasteiger partial charge in [-0.15, -0.1) is 0 Å². The minimum atomic E-state index is -1.17. The zero-order chi connectivity index (χ0) is 14.7. The molecule has 104 valence electrons. The van der Waals surface area contributed by atoms with E-state index in [9.17, 15) is 9.90 Å². The van der Waals surface area contributed by atoms with Crippen molar-refractivity contribution in [2.75, 3.05) is 7.11 Å². The molecule has 20 heavy (non-hydrogen) atoms. The van der Waals surface area contributed by atoms with E-state index in [-0.39, 0.29) is 5.78 Å². The minimum Gasteiger partial charge on any atom is -0.496 e. The summed E-state index contributed by atoms with van der Waals surface area (Å²) >= 11 is 0. The van der Waals surface area contributed by atoms with Crippen LogP contribution >= 0.6 is 0 Å². The second kappa shape index (κ2) is 5.88. The van der Waals surface area contributed by atoms with E-state index in [2.05, 4.69) is 0 Å². The van der Waals surface area contributed by atoms with Gasteiger partial charge in [0.05, 0.1) is 7.11 Å². The van der Waals surface area contributed by atoms with Gasteiger partial charge in [-0.2, -0.15) is 0 Å². The molecule has 0 fully saturated rings. The molecule has 2 aromatic carbocycles. The number of aliphatic hydroxyl groups is 1. The summed E-state index contributed by atoms with van der Waals surface area (Å²) in [6.45, 7) is 3.87. The van der Waals surface area contributed by atoms with Crippen LogP contribution in [-0.4, -0.2) is 18.0 Å². The molecule has 1 N–H and O–H groups in total. The third-order valence-electron chi connectivity index (χ3n) is 3.33. The average Bonchev–Trinajstić information content (AvgIpc) is 2.47. The first-order valence-corrected chi connectivity index (χ1v) is 6.46. The molecule has 1 unspecified atom stereocenters. The Balaban J connectivity index is 2.28. The number of rotatable bonds is 4. The van der Waals surface area contributed by atoms with Gasteiger partial charge in [0.2, 0.25) is 0 Å². The smallest absolute Gasteiger partial charge is 0.195 e. The highest BCUT2D eigenvalue weighted by Gasteiger charge is 2.20. The summed E-state index contributed by atoms with van der Waals surface area (Å²) in [5.41, 5.74) is 3.08. The summed E-state index contributed by atoms with van der Waals surface area (Å²) in [6, 6.07) is 12.4. The van der Waals surface area contributed by atoms with Gasteiger partial charge in [-0.05, 0) is 31.0 Å². The molecule has 3 nitrogen and oxygen atoms in total. The maximum absolute atomic E-state index is 12.3. The number of carbonyl (C=O) groups is 1. The van der Waals surface area contributed by atoms with Crippen LogP contribution in [0.15, 0.2) is 42.5 Å². The van der Waals surface area contributed by atoms with Gasteiger partial charge in [-0.1, -0.05) is 42.0 Å². The van der Waals surface area contributed by atoms with Gasteiger partial charge < -0.3 is 9.84 Å². The third-order valence-corrected chi connectivity index (χ3v) is 3.33. The van der Waals surface area contributed by atoms with Crippen molar-refractivity contribution in [2.24, 2.45) is 0 Å². The zero-order valence-electron chi connectivity index (χ0n) is 11.9. The van der Waals surface area contributed by atoms with Crippen molar-refractivity contribution in [3.8, 4) is 5.75 Å². The Morgan fingerprint density at radius 3 is 2.35 bits per heavy atom. The van der Waals surface area contributed by atoms with Crippen molar-refractivity contribution in [1.82, 2.24) is 0 Å². The van der Waals surface area contributed by atoms with Crippen molar-refractivity contribution in [1.29, 1.82) is 0 Å². The molecule has 3 heteroatoms. The van der Waals surface area contributed by atoms with E-state index in [1.54, 1.807) is 31.4 Å². The highest BCUT2D eigenvalue weighted by molar-refractivity contribution is 5.99. The first kappa shape index (κ1) is 14.3. The maximum Gasteiger partial charge on any atom is 0.195 e. The quantitative estimate of drug-likeness (QED) is 0.868. The van der Waals surface area contributed by atoms with Crippen LogP contribution in [0.25, 0.3) is 0 Å². The van der Waals surface area contributed by atoms with Crippen molar-refractivity contribution < 1.29 is 14.6 Å². The van der Waals surface area contributed by atoms with E-state index in [0.717, 1.165) is 11.1 Å². The molecule has 0 saturated heterocycles. The maximum atomic E-state index is 12.3. The standard InChI is InChI=1S/C17H18O3/c1-11-4-7-13(8-5-11)16(18)17(19)14-9-6-12(2)15(10-14)20-3/h4-10,17,19H,1-3H3. The molecule has 0 saturated carbocycles. The van der Waals surface area contributed by atoms with Crippen LogP contribution in [0.5, 0.6) is 5.75 Å². The molecule has 0 heterocycles. The second-order valence-corrected chi connectivity index (χ2v) is 4.86. The zero-order valence-corrected chi connectivity index (χ0v) is 11.9. The number of ketones is 1. The average molecular weight is 270 g/mol. The lowest BCUT2D eigenvalue weighted by Crippen LogP contribution is -2.12. The molecule has 0 bridgehead atoms. The topological polar surface area (TPSA) is 46.5 Å². The molecule has 0 aliphatic heterocycles. The Bertz CT molecular complexity index is 615. The molecule has 2 rings (SSSR count).